The van der Waals surface area contributed by atoms with Gasteiger partial charge in [-0.2, -0.15) is 0 Å². The van der Waals surface area contributed by atoms with Gasteiger partial charge in [0.25, 0.3) is 0 Å². The maximum absolute atomic E-state index is 12.5. The highest BCUT2D eigenvalue weighted by atomic mass is 16.5. The Bertz CT molecular complexity index is 1080. The van der Waals surface area contributed by atoms with Crippen LogP contribution in [0.4, 0.5) is 11.4 Å². The number of hydrazine groups is 1. The van der Waals surface area contributed by atoms with E-state index in [1.54, 1.807) is 24.3 Å². The second-order valence-corrected chi connectivity index (χ2v) is 6.97. The van der Waals surface area contributed by atoms with E-state index in [0.717, 1.165) is 16.9 Å². The third-order valence-electron chi connectivity index (χ3n) is 4.92. The molecule has 30 heavy (non-hydrogen) atoms. The minimum atomic E-state index is -0.245. The maximum Gasteiger partial charge on any atom is 0.248 e. The van der Waals surface area contributed by atoms with E-state index in [4.69, 9.17) is 4.74 Å². The minimum absolute atomic E-state index is 0.0311. The van der Waals surface area contributed by atoms with Gasteiger partial charge in [-0.05, 0) is 41.0 Å². The fourth-order valence-electron chi connectivity index (χ4n) is 3.47. The van der Waals surface area contributed by atoms with Gasteiger partial charge < -0.3 is 20.2 Å². The van der Waals surface area contributed by atoms with Gasteiger partial charge in [0.05, 0.1) is 25.0 Å². The standard InChI is InChI=1S/C24H23N3O3/c1-30-22-12-10-17(14-21(22)28)11-13-23(29)26-20-9-5-8-19-15-25-27(24(19)20)16-18-6-3-2-4-7-18/h2-14,25,28H,15-16H2,1H3,(H,26,29). The predicted octanol–water partition coefficient (Wildman–Crippen LogP) is 4.08. The molecule has 0 fully saturated rings. The molecule has 6 heteroatoms. The first-order valence-corrected chi connectivity index (χ1v) is 9.67. The number of nitrogens with zero attached hydrogens (tertiary/aromatic N) is 1. The molecule has 0 aliphatic carbocycles. The van der Waals surface area contributed by atoms with Crippen LogP contribution in [0.25, 0.3) is 6.08 Å². The molecule has 1 amide bonds. The van der Waals surface area contributed by atoms with Crippen molar-refractivity contribution in [3.8, 4) is 11.5 Å². The Morgan fingerprint density at radius 1 is 1.17 bits per heavy atom. The first kappa shape index (κ1) is 19.5. The molecule has 3 N–H and O–H groups in total. The second kappa shape index (κ2) is 8.71. The molecule has 0 unspecified atom stereocenters. The Balaban J connectivity index is 1.49. The molecule has 0 saturated carbocycles. The van der Waals surface area contributed by atoms with Gasteiger partial charge in [0.15, 0.2) is 11.5 Å². The average Bonchev–Trinajstić information content (AvgIpc) is 3.17. The first-order chi connectivity index (χ1) is 14.6. The van der Waals surface area contributed by atoms with Crippen molar-refractivity contribution in [3.05, 3.63) is 89.5 Å². The highest BCUT2D eigenvalue weighted by Gasteiger charge is 2.22. The van der Waals surface area contributed by atoms with E-state index in [-0.39, 0.29) is 11.7 Å². The number of para-hydroxylation sites is 1. The fraction of sp³-hybridized carbons (Fsp3) is 0.125. The molecule has 4 rings (SSSR count). The average molecular weight is 401 g/mol. The zero-order chi connectivity index (χ0) is 20.9. The van der Waals surface area contributed by atoms with Crippen LogP contribution in [0.3, 0.4) is 0 Å². The van der Waals surface area contributed by atoms with Crippen LogP contribution in [0.2, 0.25) is 0 Å². The molecule has 0 saturated heterocycles. The first-order valence-electron chi connectivity index (χ1n) is 9.67. The van der Waals surface area contributed by atoms with Crippen molar-refractivity contribution in [3.63, 3.8) is 0 Å². The molecule has 3 aromatic rings. The van der Waals surface area contributed by atoms with Crippen molar-refractivity contribution in [2.45, 2.75) is 13.1 Å². The summed E-state index contributed by atoms with van der Waals surface area (Å²) in [6.07, 6.45) is 3.10. The molecule has 152 valence electrons. The molecule has 3 aromatic carbocycles. The third kappa shape index (κ3) is 4.29. The number of methoxy groups -OCH3 is 1. The monoisotopic (exact) mass is 401 g/mol. The largest absolute Gasteiger partial charge is 0.504 e. The van der Waals surface area contributed by atoms with Crippen LogP contribution in [0.1, 0.15) is 16.7 Å². The van der Waals surface area contributed by atoms with Crippen molar-refractivity contribution < 1.29 is 14.6 Å². The van der Waals surface area contributed by atoms with Gasteiger partial charge in [0.2, 0.25) is 5.91 Å². The van der Waals surface area contributed by atoms with E-state index >= 15 is 0 Å². The van der Waals surface area contributed by atoms with E-state index < -0.39 is 0 Å². The van der Waals surface area contributed by atoms with Crippen molar-refractivity contribution >= 4 is 23.4 Å². The SMILES string of the molecule is COc1ccc(C=CC(=O)Nc2cccc3c2N(Cc2ccccc2)NC3)cc1O. The van der Waals surface area contributed by atoms with Gasteiger partial charge in [0, 0.05) is 12.6 Å². The number of hydrogen-bond donors (Lipinski definition) is 3. The Kier molecular flexibility index (Phi) is 5.68. The number of rotatable bonds is 6. The number of hydrogen-bond acceptors (Lipinski definition) is 5. The summed E-state index contributed by atoms with van der Waals surface area (Å²) in [6.45, 7) is 1.41. The summed E-state index contributed by atoms with van der Waals surface area (Å²) in [4.78, 5) is 12.5. The van der Waals surface area contributed by atoms with Crippen LogP contribution >= 0.6 is 0 Å². The number of carbonyl (C=O) groups excluding carboxylic acids is 1. The number of phenolic OH excluding ortho intramolecular Hbond substituents is 1. The van der Waals surface area contributed by atoms with Crippen molar-refractivity contribution in [1.29, 1.82) is 0 Å². The highest BCUT2D eigenvalue weighted by molar-refractivity contribution is 6.04. The Hall–Kier alpha value is -3.77. The third-order valence-corrected chi connectivity index (χ3v) is 4.92. The predicted molar refractivity (Wildman–Crippen MR) is 118 cm³/mol. The number of anilines is 2. The number of phenols is 1. The van der Waals surface area contributed by atoms with Gasteiger partial charge in [-0.1, -0.05) is 48.5 Å². The highest BCUT2D eigenvalue weighted by Crippen LogP contribution is 2.34. The van der Waals surface area contributed by atoms with Crippen LogP contribution in [-0.4, -0.2) is 18.1 Å². The zero-order valence-electron chi connectivity index (χ0n) is 16.6. The lowest BCUT2D eigenvalue weighted by molar-refractivity contribution is -0.111. The number of aromatic hydroxyl groups is 1. The molecule has 1 heterocycles. The van der Waals surface area contributed by atoms with Gasteiger partial charge in [-0.25, -0.2) is 5.43 Å². The van der Waals surface area contributed by atoms with Gasteiger partial charge >= 0.3 is 0 Å². The van der Waals surface area contributed by atoms with Crippen LogP contribution in [0, 0.1) is 0 Å². The van der Waals surface area contributed by atoms with E-state index in [0.29, 0.717) is 24.4 Å². The van der Waals surface area contributed by atoms with Crippen molar-refractivity contribution in [2.75, 3.05) is 17.4 Å². The lowest BCUT2D eigenvalue weighted by Crippen LogP contribution is -2.31. The van der Waals surface area contributed by atoms with E-state index in [2.05, 4.69) is 34.0 Å². The number of nitrogens with one attached hydrogen (secondary N) is 2. The summed E-state index contributed by atoms with van der Waals surface area (Å²) in [5, 5.41) is 14.9. The summed E-state index contributed by atoms with van der Waals surface area (Å²) in [5.41, 5.74) is 8.13. The van der Waals surface area contributed by atoms with E-state index in [1.807, 2.05) is 30.3 Å². The summed E-state index contributed by atoms with van der Waals surface area (Å²) >= 11 is 0. The van der Waals surface area contributed by atoms with Gasteiger partial charge in [-0.15, -0.1) is 0 Å². The molecule has 0 atom stereocenters. The number of amides is 1. The van der Waals surface area contributed by atoms with Gasteiger partial charge in [-0.3, -0.25) is 4.79 Å². The Morgan fingerprint density at radius 2 is 2.00 bits per heavy atom. The quantitative estimate of drug-likeness (QED) is 0.543. The molecule has 0 radical (unpaired) electrons. The van der Waals surface area contributed by atoms with Crippen LogP contribution in [-0.2, 0) is 17.9 Å². The zero-order valence-corrected chi connectivity index (χ0v) is 16.6. The van der Waals surface area contributed by atoms with Crippen LogP contribution in [0.5, 0.6) is 11.5 Å². The lowest BCUT2D eigenvalue weighted by Gasteiger charge is -2.22. The van der Waals surface area contributed by atoms with Gasteiger partial charge in [0.1, 0.15) is 0 Å². The molecule has 0 aromatic heterocycles. The maximum atomic E-state index is 12.5. The normalized spacial score (nSPS) is 12.8. The van der Waals surface area contributed by atoms with Crippen LogP contribution in [0.15, 0.2) is 72.8 Å². The molecular weight excluding hydrogens is 378 g/mol. The number of fused-ring (bicyclic) bond motifs is 1. The second-order valence-electron chi connectivity index (χ2n) is 6.97. The minimum Gasteiger partial charge on any atom is -0.504 e. The summed E-state index contributed by atoms with van der Waals surface area (Å²) in [7, 11) is 1.49. The molecule has 1 aliphatic heterocycles. The summed E-state index contributed by atoms with van der Waals surface area (Å²) < 4.78 is 5.04. The lowest BCUT2D eigenvalue weighted by atomic mass is 10.1. The number of ether oxygens (including phenoxy) is 1. The molecule has 6 nitrogen and oxygen atoms in total. The van der Waals surface area contributed by atoms with E-state index in [1.165, 1.54) is 18.7 Å². The Labute approximate surface area is 175 Å². The molecule has 0 bridgehead atoms. The summed E-state index contributed by atoms with van der Waals surface area (Å²) in [5.74, 6) is 0.177. The molecule has 1 aliphatic rings. The smallest absolute Gasteiger partial charge is 0.248 e. The molecular formula is C24H23N3O3. The number of benzene rings is 3. The van der Waals surface area contributed by atoms with E-state index in [9.17, 15) is 9.90 Å². The van der Waals surface area contributed by atoms with Crippen molar-refractivity contribution in [1.82, 2.24) is 5.43 Å². The van der Waals surface area contributed by atoms with Crippen molar-refractivity contribution in [2.24, 2.45) is 0 Å². The summed E-state index contributed by atoms with van der Waals surface area (Å²) in [6, 6.07) is 21.0. The number of carbonyl (C=O) groups is 1. The molecule has 0 spiro atoms. The van der Waals surface area contributed by atoms with Crippen LogP contribution < -0.4 is 20.5 Å². The topological polar surface area (TPSA) is 73.8 Å². The fourth-order valence-corrected chi connectivity index (χ4v) is 3.47. The Morgan fingerprint density at radius 3 is 2.77 bits per heavy atom.